The van der Waals surface area contributed by atoms with E-state index in [-0.39, 0.29) is 33.7 Å². The molecule has 1 aromatic carbocycles. The second-order valence-corrected chi connectivity index (χ2v) is 11.0. The summed E-state index contributed by atoms with van der Waals surface area (Å²) >= 11 is 0. The molecule has 0 bridgehead atoms. The number of ether oxygens (including phenoxy) is 1. The molecule has 6 nitrogen and oxygen atoms in total. The predicted octanol–water partition coefficient (Wildman–Crippen LogP) is 3.76. The Morgan fingerprint density at radius 1 is 1.00 bits per heavy atom. The van der Waals surface area contributed by atoms with Crippen molar-refractivity contribution in [3.8, 4) is 5.75 Å². The number of methoxy groups -OCH3 is 1. The van der Waals surface area contributed by atoms with E-state index in [0.717, 1.165) is 24.2 Å². The van der Waals surface area contributed by atoms with Gasteiger partial charge in [-0.2, -0.15) is 0 Å². The van der Waals surface area contributed by atoms with E-state index < -0.39 is 11.9 Å². The Kier molecular flexibility index (Phi) is 5.54. The zero-order valence-corrected chi connectivity index (χ0v) is 20.3. The molecule has 3 aliphatic rings. The zero-order chi connectivity index (χ0) is 24.3. The Morgan fingerprint density at radius 3 is 1.94 bits per heavy atom. The molecule has 4 rings (SSSR count). The fourth-order valence-corrected chi connectivity index (χ4v) is 5.83. The number of ketones is 2. The summed E-state index contributed by atoms with van der Waals surface area (Å²) in [5.41, 5.74) is 3.38. The second-order valence-electron chi connectivity index (χ2n) is 11.0. The smallest absolute Gasteiger partial charge is 0.162 e. The first-order valence-corrected chi connectivity index (χ1v) is 11.6. The Bertz CT molecular complexity index is 1070. The summed E-state index contributed by atoms with van der Waals surface area (Å²) in [7, 11) is 1.40. The van der Waals surface area contributed by atoms with Gasteiger partial charge in [-0.05, 0) is 48.3 Å². The van der Waals surface area contributed by atoms with Crippen LogP contribution < -0.4 is 9.84 Å². The second kappa shape index (κ2) is 7.86. The first kappa shape index (κ1) is 23.3. The maximum Gasteiger partial charge on any atom is 0.162 e. The number of rotatable bonds is 4. The summed E-state index contributed by atoms with van der Waals surface area (Å²) in [6.45, 7) is 11.1. The van der Waals surface area contributed by atoms with E-state index in [2.05, 4.69) is 39.5 Å². The lowest BCUT2D eigenvalue weighted by atomic mass is 9.63. The van der Waals surface area contributed by atoms with Gasteiger partial charge in [0.1, 0.15) is 5.75 Å². The number of nitrogens with zero attached hydrogens (tertiary/aromatic N) is 1. The van der Waals surface area contributed by atoms with Gasteiger partial charge in [0.25, 0.3) is 0 Å². The van der Waals surface area contributed by atoms with Crippen molar-refractivity contribution in [1.82, 2.24) is 4.90 Å². The molecule has 33 heavy (non-hydrogen) atoms. The fraction of sp³-hybridized carbons (Fsp3) is 0.519. The Labute approximate surface area is 195 Å². The van der Waals surface area contributed by atoms with E-state index in [0.29, 0.717) is 36.1 Å². The number of carboxylic acid groups (broad SMARTS) is 1. The summed E-state index contributed by atoms with van der Waals surface area (Å²) in [5.74, 6) is -1.68. The molecule has 6 heteroatoms. The van der Waals surface area contributed by atoms with Crippen molar-refractivity contribution in [3.05, 3.63) is 51.9 Å². The van der Waals surface area contributed by atoms with Crippen LogP contribution in [0.4, 0.5) is 0 Å². The maximum atomic E-state index is 13.6. The van der Waals surface area contributed by atoms with Crippen molar-refractivity contribution >= 4 is 17.5 Å². The van der Waals surface area contributed by atoms with Crippen molar-refractivity contribution in [2.75, 3.05) is 13.7 Å². The van der Waals surface area contributed by atoms with Crippen LogP contribution in [0.5, 0.6) is 5.75 Å². The molecule has 0 atom stereocenters. The van der Waals surface area contributed by atoms with E-state index in [4.69, 9.17) is 4.74 Å². The Balaban J connectivity index is 2.01. The molecule has 176 valence electrons. The van der Waals surface area contributed by atoms with Crippen LogP contribution >= 0.6 is 0 Å². The molecule has 1 heterocycles. The van der Waals surface area contributed by atoms with Gasteiger partial charge in [-0.3, -0.25) is 9.59 Å². The van der Waals surface area contributed by atoms with Crippen LogP contribution in [0.15, 0.2) is 40.7 Å². The molecule has 0 aromatic heterocycles. The standard InChI is InChI=1S/C27H33NO5/c1-7-28-17-11-26(2,3)13-19(29)23(17)22(24-18(28)12-27(4,5)14-20(24)30)15-8-9-21(33-6)16(10-15)25(31)32/h8-10,22H,7,11-14H2,1-6H3,(H,31,32)/p-1. The molecule has 2 aliphatic carbocycles. The van der Waals surface area contributed by atoms with E-state index in [1.54, 1.807) is 12.1 Å². The van der Waals surface area contributed by atoms with Gasteiger partial charge < -0.3 is 19.5 Å². The minimum absolute atomic E-state index is 0.0275. The van der Waals surface area contributed by atoms with Gasteiger partial charge in [0.05, 0.1) is 13.1 Å². The lowest BCUT2D eigenvalue weighted by Crippen LogP contribution is -2.44. The van der Waals surface area contributed by atoms with Crippen molar-refractivity contribution in [1.29, 1.82) is 0 Å². The fourth-order valence-electron chi connectivity index (χ4n) is 5.83. The number of carbonyl (C=O) groups is 3. The van der Waals surface area contributed by atoms with Gasteiger partial charge in [-0.1, -0.05) is 33.8 Å². The molecule has 1 aromatic rings. The van der Waals surface area contributed by atoms with E-state index in [9.17, 15) is 19.5 Å². The average molecular weight is 451 g/mol. The molecular formula is C27H32NO5-. The molecule has 0 unspecified atom stereocenters. The normalized spacial score (nSPS) is 22.3. The lowest BCUT2D eigenvalue weighted by Gasteiger charge is -2.49. The third-order valence-electron chi connectivity index (χ3n) is 7.11. The number of carbonyl (C=O) groups excluding carboxylic acids is 3. The van der Waals surface area contributed by atoms with Crippen LogP contribution in [0.1, 0.15) is 82.1 Å². The maximum absolute atomic E-state index is 13.6. The number of hydrogen-bond acceptors (Lipinski definition) is 6. The highest BCUT2D eigenvalue weighted by molar-refractivity contribution is 6.07. The minimum atomic E-state index is -1.35. The van der Waals surface area contributed by atoms with Crippen LogP contribution in [-0.2, 0) is 9.59 Å². The number of allylic oxidation sites excluding steroid dienone is 4. The van der Waals surface area contributed by atoms with Crippen LogP contribution in [0.2, 0.25) is 0 Å². The van der Waals surface area contributed by atoms with Crippen LogP contribution in [0, 0.1) is 10.8 Å². The topological polar surface area (TPSA) is 86.7 Å². The van der Waals surface area contributed by atoms with E-state index in [1.165, 1.54) is 13.2 Å². The summed E-state index contributed by atoms with van der Waals surface area (Å²) in [4.78, 5) is 41.1. The Morgan fingerprint density at radius 2 is 1.52 bits per heavy atom. The van der Waals surface area contributed by atoms with Gasteiger partial charge in [0, 0.05) is 53.4 Å². The molecule has 0 radical (unpaired) electrons. The molecular weight excluding hydrogens is 418 g/mol. The molecule has 0 spiro atoms. The van der Waals surface area contributed by atoms with Gasteiger partial charge in [0.2, 0.25) is 0 Å². The van der Waals surface area contributed by atoms with Crippen LogP contribution in [0.25, 0.3) is 0 Å². The quantitative estimate of drug-likeness (QED) is 0.694. The van der Waals surface area contributed by atoms with E-state index in [1.807, 2.05) is 0 Å². The van der Waals surface area contributed by atoms with Gasteiger partial charge in [0.15, 0.2) is 11.6 Å². The summed E-state index contributed by atoms with van der Waals surface area (Å²) < 4.78 is 5.21. The summed E-state index contributed by atoms with van der Waals surface area (Å²) in [6.07, 6.45) is 2.25. The number of benzene rings is 1. The third kappa shape index (κ3) is 3.90. The number of Topliss-reactive ketones (excluding diaryl/α,β-unsaturated/α-hetero) is 2. The third-order valence-corrected chi connectivity index (χ3v) is 7.11. The monoisotopic (exact) mass is 450 g/mol. The van der Waals surface area contributed by atoms with Gasteiger partial charge in [-0.15, -0.1) is 0 Å². The zero-order valence-electron chi connectivity index (χ0n) is 20.3. The van der Waals surface area contributed by atoms with Crippen LogP contribution in [-0.4, -0.2) is 36.1 Å². The molecule has 0 saturated carbocycles. The van der Waals surface area contributed by atoms with Crippen LogP contribution in [0.3, 0.4) is 0 Å². The minimum Gasteiger partial charge on any atom is -0.545 e. The van der Waals surface area contributed by atoms with Crippen molar-refractivity contribution in [2.45, 2.75) is 66.2 Å². The molecule has 0 N–H and O–H groups in total. The first-order chi connectivity index (χ1) is 15.4. The number of carboxylic acids is 1. The molecule has 0 amide bonds. The number of hydrogen-bond donors (Lipinski definition) is 0. The van der Waals surface area contributed by atoms with Gasteiger partial charge >= 0.3 is 0 Å². The highest BCUT2D eigenvalue weighted by Gasteiger charge is 2.48. The molecule has 0 saturated heterocycles. The number of aromatic carboxylic acids is 1. The van der Waals surface area contributed by atoms with Crippen molar-refractivity contribution < 1.29 is 24.2 Å². The Hall–Kier alpha value is -2.89. The highest BCUT2D eigenvalue weighted by Crippen LogP contribution is 2.54. The summed E-state index contributed by atoms with van der Waals surface area (Å²) in [6, 6.07) is 4.87. The van der Waals surface area contributed by atoms with E-state index >= 15 is 0 Å². The molecule has 1 aliphatic heterocycles. The largest absolute Gasteiger partial charge is 0.545 e. The van der Waals surface area contributed by atoms with Crippen molar-refractivity contribution in [2.24, 2.45) is 10.8 Å². The lowest BCUT2D eigenvalue weighted by molar-refractivity contribution is -0.255. The van der Waals surface area contributed by atoms with Gasteiger partial charge in [-0.25, -0.2) is 0 Å². The molecule has 0 fully saturated rings. The first-order valence-electron chi connectivity index (χ1n) is 11.6. The highest BCUT2D eigenvalue weighted by atomic mass is 16.5. The summed E-state index contributed by atoms with van der Waals surface area (Å²) in [5, 5.41) is 11.8. The predicted molar refractivity (Wildman–Crippen MR) is 123 cm³/mol. The average Bonchev–Trinajstić information content (AvgIpc) is 2.70. The SMILES string of the molecule is CCN1C2=C(C(=O)CC(C)(C)C2)C(c2ccc(OC)c(C(=O)[O-])c2)C2=C1CC(C)(C)CC2=O. The van der Waals surface area contributed by atoms with Crippen molar-refractivity contribution in [3.63, 3.8) is 0 Å².